The molecule has 0 aliphatic carbocycles. The quantitative estimate of drug-likeness (QED) is 0.323. The highest BCUT2D eigenvalue weighted by Crippen LogP contribution is 2.23. The first-order chi connectivity index (χ1) is 10.8. The summed E-state index contributed by atoms with van der Waals surface area (Å²) < 4.78 is 0. The summed E-state index contributed by atoms with van der Waals surface area (Å²) in [5, 5.41) is 13.0. The predicted octanol–water partition coefficient (Wildman–Crippen LogP) is 1.67. The minimum absolute atomic E-state index is 0.0472. The maximum absolute atomic E-state index is 12.1. The average Bonchev–Trinajstić information content (AvgIpc) is 2.46. The number of nitro groups is 1. The van der Waals surface area contributed by atoms with Crippen LogP contribution in [-0.4, -0.2) is 26.0 Å². The zero-order chi connectivity index (χ0) is 17.0. The highest BCUT2D eigenvalue weighted by Gasteiger charge is 2.17. The molecule has 2 aromatic rings. The lowest BCUT2D eigenvalue weighted by atomic mass is 10.3. The molecule has 0 fully saturated rings. The Kier molecular flexibility index (Phi) is 4.96. The number of benzene rings is 1. The van der Waals surface area contributed by atoms with Crippen molar-refractivity contribution in [1.82, 2.24) is 9.97 Å². The van der Waals surface area contributed by atoms with Crippen molar-refractivity contribution in [2.45, 2.75) is 17.3 Å². The monoisotopic (exact) mass is 334 g/mol. The number of carbonyl (C=O) groups is 1. The van der Waals surface area contributed by atoms with Gasteiger partial charge in [-0.2, -0.15) is 0 Å². The van der Waals surface area contributed by atoms with Gasteiger partial charge in [0.2, 0.25) is 5.91 Å². The van der Waals surface area contributed by atoms with E-state index in [1.54, 1.807) is 6.92 Å². The summed E-state index contributed by atoms with van der Waals surface area (Å²) in [7, 11) is 0. The molecule has 1 heterocycles. The third-order valence-electron chi connectivity index (χ3n) is 2.74. The Morgan fingerprint density at radius 3 is 2.35 bits per heavy atom. The van der Waals surface area contributed by atoms with Crippen molar-refractivity contribution in [3.05, 3.63) is 40.4 Å². The second kappa shape index (κ2) is 6.92. The Balaban J connectivity index is 2.00. The van der Waals surface area contributed by atoms with Crippen LogP contribution in [0.4, 0.5) is 23.0 Å². The largest absolute Gasteiger partial charge is 0.383 e. The van der Waals surface area contributed by atoms with Crippen molar-refractivity contribution >= 4 is 40.7 Å². The number of anilines is 3. The normalized spacial score (nSPS) is 11.7. The molecule has 0 spiro atoms. The molecule has 0 bridgehead atoms. The summed E-state index contributed by atoms with van der Waals surface area (Å²) in [5.74, 6) is 0.152. The minimum atomic E-state index is -0.508. The highest BCUT2D eigenvalue weighted by atomic mass is 32.2. The molecule has 0 unspecified atom stereocenters. The van der Waals surface area contributed by atoms with Crippen LogP contribution >= 0.6 is 11.8 Å². The predicted molar refractivity (Wildman–Crippen MR) is 87.9 cm³/mol. The molecule has 0 radical (unpaired) electrons. The molecular formula is C13H14N6O3S. The number of nitrogen functional groups attached to an aromatic ring is 2. The molecule has 0 aliphatic rings. The third kappa shape index (κ3) is 4.54. The van der Waals surface area contributed by atoms with Crippen LogP contribution in [0.25, 0.3) is 0 Å². The van der Waals surface area contributed by atoms with Crippen molar-refractivity contribution in [1.29, 1.82) is 0 Å². The van der Waals surface area contributed by atoms with Crippen molar-refractivity contribution in [2.24, 2.45) is 0 Å². The molecule has 0 saturated heterocycles. The lowest BCUT2D eigenvalue weighted by molar-refractivity contribution is -0.384. The molecule has 23 heavy (non-hydrogen) atoms. The molecule has 120 valence electrons. The first kappa shape index (κ1) is 16.5. The van der Waals surface area contributed by atoms with Gasteiger partial charge in [-0.25, -0.2) is 9.97 Å². The summed E-state index contributed by atoms with van der Waals surface area (Å²) in [5.41, 5.74) is 11.6. The number of non-ortho nitro benzene ring substituents is 1. The standard InChI is InChI=1S/C13H14N6O3S/c1-7(23-13-17-10(14)6-11(15)18-13)12(20)16-8-2-4-9(5-3-8)19(21)22/h2-7H,1H3,(H,16,20)(H4,14,15,17,18)/t7-/m0/s1. The fraction of sp³-hybridized carbons (Fsp3) is 0.154. The average molecular weight is 334 g/mol. The number of carbonyl (C=O) groups excluding carboxylic acids is 1. The number of amides is 1. The SMILES string of the molecule is C[C@H](Sc1nc(N)cc(N)n1)C(=O)Nc1ccc([N+](=O)[O-])cc1. The van der Waals surface area contributed by atoms with E-state index in [4.69, 9.17) is 11.5 Å². The number of nitrogens with one attached hydrogen (secondary N) is 1. The van der Waals surface area contributed by atoms with Crippen LogP contribution in [0.15, 0.2) is 35.5 Å². The number of rotatable bonds is 5. The second-order valence-electron chi connectivity index (χ2n) is 4.55. The maximum Gasteiger partial charge on any atom is 0.269 e. The first-order valence-corrected chi connectivity index (χ1v) is 7.35. The van der Waals surface area contributed by atoms with Crippen LogP contribution in [0.3, 0.4) is 0 Å². The van der Waals surface area contributed by atoms with Gasteiger partial charge >= 0.3 is 0 Å². The first-order valence-electron chi connectivity index (χ1n) is 6.47. The lowest BCUT2D eigenvalue weighted by Crippen LogP contribution is -2.22. The van der Waals surface area contributed by atoms with Crippen molar-refractivity contribution < 1.29 is 9.72 Å². The molecule has 1 aromatic carbocycles. The number of aromatic nitrogens is 2. The van der Waals surface area contributed by atoms with Crippen LogP contribution < -0.4 is 16.8 Å². The van der Waals surface area contributed by atoms with Gasteiger partial charge < -0.3 is 16.8 Å². The van der Waals surface area contributed by atoms with Gasteiger partial charge in [0.05, 0.1) is 10.2 Å². The summed E-state index contributed by atoms with van der Waals surface area (Å²) in [6.07, 6.45) is 0. The Labute approximate surface area is 135 Å². The number of nitro benzene ring substituents is 1. The van der Waals surface area contributed by atoms with Crippen molar-refractivity contribution in [3.8, 4) is 0 Å². The van der Waals surface area contributed by atoms with Crippen molar-refractivity contribution in [2.75, 3.05) is 16.8 Å². The zero-order valence-corrected chi connectivity index (χ0v) is 12.9. The fourth-order valence-corrected chi connectivity index (χ4v) is 2.44. The second-order valence-corrected chi connectivity index (χ2v) is 5.86. The number of hydrogen-bond acceptors (Lipinski definition) is 8. The van der Waals surface area contributed by atoms with Gasteiger partial charge in [0, 0.05) is 23.9 Å². The Morgan fingerprint density at radius 2 is 1.83 bits per heavy atom. The number of nitrogens with zero attached hydrogens (tertiary/aromatic N) is 3. The minimum Gasteiger partial charge on any atom is -0.383 e. The van der Waals surface area contributed by atoms with Gasteiger partial charge in [0.15, 0.2) is 5.16 Å². The van der Waals surface area contributed by atoms with Gasteiger partial charge in [-0.05, 0) is 19.1 Å². The molecular weight excluding hydrogens is 320 g/mol. The van der Waals surface area contributed by atoms with Crippen molar-refractivity contribution in [3.63, 3.8) is 0 Å². The molecule has 1 aromatic heterocycles. The van der Waals surface area contributed by atoms with E-state index in [9.17, 15) is 14.9 Å². The number of thioether (sulfide) groups is 1. The van der Waals surface area contributed by atoms with E-state index in [1.165, 1.54) is 30.3 Å². The van der Waals surface area contributed by atoms with Gasteiger partial charge in [-0.15, -0.1) is 0 Å². The molecule has 10 heteroatoms. The molecule has 0 saturated carbocycles. The van der Waals surface area contributed by atoms with Gasteiger partial charge in [-0.3, -0.25) is 14.9 Å². The number of hydrogen-bond donors (Lipinski definition) is 3. The van der Waals surface area contributed by atoms with E-state index in [0.717, 1.165) is 11.8 Å². The molecule has 1 atom stereocenters. The molecule has 9 nitrogen and oxygen atoms in total. The smallest absolute Gasteiger partial charge is 0.269 e. The van der Waals surface area contributed by atoms with E-state index in [0.29, 0.717) is 10.8 Å². The Hall–Kier alpha value is -2.88. The zero-order valence-electron chi connectivity index (χ0n) is 12.1. The lowest BCUT2D eigenvalue weighted by Gasteiger charge is -2.11. The van der Waals surface area contributed by atoms with E-state index >= 15 is 0 Å². The summed E-state index contributed by atoms with van der Waals surface area (Å²) in [6, 6.07) is 6.97. The summed E-state index contributed by atoms with van der Waals surface area (Å²) >= 11 is 1.10. The van der Waals surface area contributed by atoms with Crippen LogP contribution in [-0.2, 0) is 4.79 Å². The fourth-order valence-electron chi connectivity index (χ4n) is 1.64. The molecule has 5 N–H and O–H groups in total. The van der Waals surface area contributed by atoms with E-state index < -0.39 is 10.2 Å². The summed E-state index contributed by atoms with van der Waals surface area (Å²) in [4.78, 5) is 30.2. The van der Waals surface area contributed by atoms with Crippen LogP contribution in [0.1, 0.15) is 6.92 Å². The molecule has 2 rings (SSSR count). The van der Waals surface area contributed by atoms with Gasteiger partial charge in [0.25, 0.3) is 5.69 Å². The van der Waals surface area contributed by atoms with Gasteiger partial charge in [-0.1, -0.05) is 11.8 Å². The van der Waals surface area contributed by atoms with E-state index in [-0.39, 0.29) is 23.2 Å². The molecule has 1 amide bonds. The van der Waals surface area contributed by atoms with E-state index in [1.807, 2.05) is 0 Å². The van der Waals surface area contributed by atoms with Crippen LogP contribution in [0, 0.1) is 10.1 Å². The van der Waals surface area contributed by atoms with Crippen LogP contribution in [0.2, 0.25) is 0 Å². The summed E-state index contributed by atoms with van der Waals surface area (Å²) in [6.45, 7) is 1.67. The maximum atomic E-state index is 12.1. The molecule has 0 aliphatic heterocycles. The van der Waals surface area contributed by atoms with E-state index in [2.05, 4.69) is 15.3 Å². The van der Waals surface area contributed by atoms with Gasteiger partial charge in [0.1, 0.15) is 11.6 Å². The van der Waals surface area contributed by atoms with Crippen LogP contribution in [0.5, 0.6) is 0 Å². The Bertz CT molecular complexity index is 717. The Morgan fingerprint density at radius 1 is 1.26 bits per heavy atom. The highest BCUT2D eigenvalue weighted by molar-refractivity contribution is 8.00. The topological polar surface area (TPSA) is 150 Å². The number of nitrogens with two attached hydrogens (primary N) is 2. The third-order valence-corrected chi connectivity index (χ3v) is 3.70.